The summed E-state index contributed by atoms with van der Waals surface area (Å²) in [5.74, 6) is 0. The van der Waals surface area contributed by atoms with Gasteiger partial charge in [0.25, 0.3) is 0 Å². The van der Waals surface area contributed by atoms with Crippen LogP contribution < -0.4 is 14.7 Å². The molecular formula is CaFeO4P. The van der Waals surface area contributed by atoms with Gasteiger partial charge in [-0.25, -0.2) is 0 Å². The first-order valence-corrected chi connectivity index (χ1v) is 2.19. The van der Waals surface area contributed by atoms with Crippen molar-refractivity contribution in [1.29, 1.82) is 0 Å². The topological polar surface area (TPSA) is 86.2 Å². The third-order valence-corrected chi connectivity index (χ3v) is 0. The molecule has 0 unspecified atom stereocenters. The molecular weight excluding hydrogens is 191 g/mol. The van der Waals surface area contributed by atoms with Crippen LogP contribution in [0.4, 0.5) is 0 Å². The van der Waals surface area contributed by atoms with Crippen LogP contribution in [0.2, 0.25) is 0 Å². The fourth-order valence-corrected chi connectivity index (χ4v) is 0. The summed E-state index contributed by atoms with van der Waals surface area (Å²) in [6, 6.07) is 0. The van der Waals surface area contributed by atoms with E-state index >= 15 is 0 Å². The van der Waals surface area contributed by atoms with Crippen LogP contribution in [-0.2, 0) is 21.6 Å². The molecule has 0 aromatic carbocycles. The molecule has 0 saturated carbocycles. The van der Waals surface area contributed by atoms with Gasteiger partial charge in [-0.2, -0.15) is 7.82 Å². The van der Waals surface area contributed by atoms with Gasteiger partial charge < -0.3 is 19.2 Å². The van der Waals surface area contributed by atoms with E-state index < -0.39 is 7.82 Å². The van der Waals surface area contributed by atoms with Crippen molar-refractivity contribution in [1.82, 2.24) is 0 Å². The van der Waals surface area contributed by atoms with Crippen LogP contribution in [0.15, 0.2) is 0 Å². The molecule has 0 aliphatic carbocycles. The van der Waals surface area contributed by atoms with Gasteiger partial charge >= 0.3 is 17.1 Å². The molecule has 3 radical (unpaired) electrons. The molecule has 0 aromatic heterocycles. The summed E-state index contributed by atoms with van der Waals surface area (Å²) in [6.07, 6.45) is 0. The average Bonchev–Trinajstić information content (AvgIpc) is 0.722. The van der Waals surface area contributed by atoms with E-state index in [4.69, 9.17) is 19.2 Å². The normalized spacial score (nSPS) is 8.43. The molecule has 0 aliphatic heterocycles. The smallest absolute Gasteiger partial charge is 0.822 e. The number of rotatable bonds is 0. The molecule has 0 aliphatic rings. The minimum atomic E-state index is -5.39. The van der Waals surface area contributed by atoms with E-state index in [2.05, 4.69) is 0 Å². The van der Waals surface area contributed by atoms with Crippen LogP contribution in [0.3, 0.4) is 0 Å². The SMILES string of the molecule is O=P([O-])([O-])[O-].[Ca].[Fe+3]. The maximum Gasteiger partial charge on any atom is 3.00 e. The quantitative estimate of drug-likeness (QED) is 0.298. The van der Waals surface area contributed by atoms with Crippen LogP contribution in [0, 0.1) is 0 Å². The van der Waals surface area contributed by atoms with Gasteiger partial charge in [-0.15, -0.1) is 0 Å². The zero-order chi connectivity index (χ0) is 4.50. The minimum Gasteiger partial charge on any atom is -0.822 e. The second-order valence-electron chi connectivity index (χ2n) is 0.447. The van der Waals surface area contributed by atoms with Gasteiger partial charge in [0.15, 0.2) is 0 Å². The van der Waals surface area contributed by atoms with Crippen molar-refractivity contribution >= 4 is 45.6 Å². The molecule has 0 saturated heterocycles. The Hall–Kier alpha value is 1.89. The first-order valence-electron chi connectivity index (χ1n) is 0.730. The van der Waals surface area contributed by atoms with E-state index in [9.17, 15) is 0 Å². The predicted octanol–water partition coefficient (Wildman–Crippen LogP) is -3.21. The second kappa shape index (κ2) is 6.02. The predicted molar refractivity (Wildman–Crippen MR) is 13.4 cm³/mol. The van der Waals surface area contributed by atoms with Crippen LogP contribution in [0.5, 0.6) is 0 Å². The maximum absolute atomic E-state index is 8.55. The summed E-state index contributed by atoms with van der Waals surface area (Å²) >= 11 is 0. The summed E-state index contributed by atoms with van der Waals surface area (Å²) < 4.78 is 8.55. The Morgan fingerprint density at radius 2 is 1.14 bits per heavy atom. The zero-order valence-corrected chi connectivity index (χ0v) is 7.35. The summed E-state index contributed by atoms with van der Waals surface area (Å²) in [5.41, 5.74) is 0. The van der Waals surface area contributed by atoms with E-state index in [-0.39, 0.29) is 54.8 Å². The molecule has 4 nitrogen and oxygen atoms in total. The molecule has 0 heterocycles. The molecule has 39 valence electrons. The van der Waals surface area contributed by atoms with Crippen molar-refractivity contribution in [2.24, 2.45) is 0 Å². The number of hydrogen-bond donors (Lipinski definition) is 0. The number of phosphoric acid groups is 1. The van der Waals surface area contributed by atoms with Gasteiger partial charge in [-0.1, -0.05) is 0 Å². The van der Waals surface area contributed by atoms with E-state index in [0.717, 1.165) is 0 Å². The average molecular weight is 191 g/mol. The summed E-state index contributed by atoms with van der Waals surface area (Å²) in [5, 5.41) is 0. The monoisotopic (exact) mass is 191 g/mol. The molecule has 0 fully saturated rings. The second-order valence-corrected chi connectivity index (χ2v) is 1.34. The number of hydrogen-bond acceptors (Lipinski definition) is 4. The van der Waals surface area contributed by atoms with Gasteiger partial charge in [-0.3, -0.25) is 0 Å². The van der Waals surface area contributed by atoms with E-state index in [0.29, 0.717) is 0 Å². The molecule has 0 amide bonds. The van der Waals surface area contributed by atoms with Crippen LogP contribution in [-0.4, -0.2) is 37.7 Å². The Bertz CT molecular complexity index is 57.8. The van der Waals surface area contributed by atoms with Gasteiger partial charge in [-0.05, 0) is 0 Å². The molecule has 0 atom stereocenters. The fourth-order valence-electron chi connectivity index (χ4n) is 0. The van der Waals surface area contributed by atoms with Crippen molar-refractivity contribution in [2.45, 2.75) is 0 Å². The van der Waals surface area contributed by atoms with Crippen LogP contribution in [0.25, 0.3) is 0 Å². The Balaban J connectivity index is -0.0000000800. The molecule has 0 N–H and O–H groups in total. The standard InChI is InChI=1S/Ca.Fe.H3O4P/c;;1-5(2,3)4/h;;(H3,1,2,3,4)/q;+3;/p-3. The largest absolute Gasteiger partial charge is 3.00 e. The maximum atomic E-state index is 8.55. The van der Waals surface area contributed by atoms with Crippen molar-refractivity contribution in [3.05, 3.63) is 0 Å². The molecule has 0 spiro atoms. The minimum absolute atomic E-state index is 0. The summed E-state index contributed by atoms with van der Waals surface area (Å²) in [6.45, 7) is 0. The van der Waals surface area contributed by atoms with Gasteiger partial charge in [0, 0.05) is 37.7 Å². The van der Waals surface area contributed by atoms with Gasteiger partial charge in [0.05, 0.1) is 0 Å². The fraction of sp³-hybridized carbons (Fsp3) is 0. The van der Waals surface area contributed by atoms with Crippen molar-refractivity contribution in [3.8, 4) is 0 Å². The van der Waals surface area contributed by atoms with E-state index in [1.807, 2.05) is 0 Å². The molecule has 0 bridgehead atoms. The zero-order valence-electron chi connectivity index (χ0n) is 3.14. The van der Waals surface area contributed by atoms with Gasteiger partial charge in [0.2, 0.25) is 0 Å². The molecule has 0 aromatic rings. The van der Waals surface area contributed by atoms with Crippen molar-refractivity contribution < 1.29 is 36.3 Å². The Morgan fingerprint density at radius 3 is 1.14 bits per heavy atom. The van der Waals surface area contributed by atoms with Crippen LogP contribution >= 0.6 is 7.82 Å². The first kappa shape index (κ1) is 16.0. The van der Waals surface area contributed by atoms with Gasteiger partial charge in [0.1, 0.15) is 0 Å². The first-order chi connectivity index (χ1) is 2.00. The molecule has 7 heavy (non-hydrogen) atoms. The summed E-state index contributed by atoms with van der Waals surface area (Å²) in [4.78, 5) is 25.6. The van der Waals surface area contributed by atoms with E-state index in [1.54, 1.807) is 0 Å². The van der Waals surface area contributed by atoms with Crippen molar-refractivity contribution in [3.63, 3.8) is 0 Å². The third kappa shape index (κ3) is 76.7. The Kier molecular flexibility index (Phi) is 13.7. The Morgan fingerprint density at radius 1 is 1.14 bits per heavy atom. The Labute approximate surface area is 81.0 Å². The molecule has 7 heteroatoms. The van der Waals surface area contributed by atoms with Crippen LogP contribution in [0.1, 0.15) is 0 Å². The van der Waals surface area contributed by atoms with E-state index in [1.165, 1.54) is 0 Å². The summed E-state index contributed by atoms with van der Waals surface area (Å²) in [7, 11) is -5.39. The van der Waals surface area contributed by atoms with Crippen molar-refractivity contribution in [2.75, 3.05) is 0 Å². The molecule has 0 rings (SSSR count). The third-order valence-electron chi connectivity index (χ3n) is 0.